The zero-order chi connectivity index (χ0) is 17.7. The topological polar surface area (TPSA) is 64.7 Å². The van der Waals surface area contributed by atoms with E-state index in [0.29, 0.717) is 12.5 Å². The number of aromatic nitrogens is 4. The maximum Gasteiger partial charge on any atom is 0.240 e. The van der Waals surface area contributed by atoms with Gasteiger partial charge in [0.15, 0.2) is 0 Å². The summed E-state index contributed by atoms with van der Waals surface area (Å²) in [5, 5.41) is 3.22. The van der Waals surface area contributed by atoms with Crippen LogP contribution in [0.3, 0.4) is 0 Å². The quantitative estimate of drug-likeness (QED) is 0.787. The molecule has 3 heterocycles. The molecule has 5 rings (SSSR count). The summed E-state index contributed by atoms with van der Waals surface area (Å²) in [5.74, 6) is 2.78. The van der Waals surface area contributed by atoms with Crippen molar-refractivity contribution in [2.24, 2.45) is 0 Å². The van der Waals surface area contributed by atoms with E-state index in [2.05, 4.69) is 31.7 Å². The summed E-state index contributed by atoms with van der Waals surface area (Å²) in [4.78, 5) is 22.1. The molecule has 134 valence electrons. The number of amides is 1. The van der Waals surface area contributed by atoms with E-state index in [4.69, 9.17) is 4.98 Å². The third-order valence-corrected chi connectivity index (χ3v) is 5.41. The highest BCUT2D eigenvalue weighted by Gasteiger charge is 2.30. The van der Waals surface area contributed by atoms with Crippen molar-refractivity contribution in [1.82, 2.24) is 24.4 Å². The van der Waals surface area contributed by atoms with Crippen molar-refractivity contribution in [2.45, 2.75) is 57.7 Å². The number of imidazole rings is 2. The molecule has 6 heteroatoms. The minimum atomic E-state index is 0.0698. The van der Waals surface area contributed by atoms with E-state index in [0.717, 1.165) is 47.8 Å². The van der Waals surface area contributed by atoms with Crippen LogP contribution in [-0.2, 0) is 24.3 Å². The highest BCUT2D eigenvalue weighted by molar-refractivity contribution is 5.81. The molecule has 3 aromatic rings. The third kappa shape index (κ3) is 2.79. The number of nitrogens with one attached hydrogen (secondary N) is 1. The molecular weight excluding hydrogens is 326 g/mol. The van der Waals surface area contributed by atoms with Gasteiger partial charge in [0.05, 0.1) is 16.7 Å². The number of carbonyl (C=O) groups is 1. The summed E-state index contributed by atoms with van der Waals surface area (Å²) in [7, 11) is 0. The molecule has 0 bridgehead atoms. The maximum atomic E-state index is 12.8. The van der Waals surface area contributed by atoms with Gasteiger partial charge in [0.1, 0.15) is 18.2 Å². The van der Waals surface area contributed by atoms with Gasteiger partial charge in [-0.25, -0.2) is 9.97 Å². The average molecular weight is 349 g/mol. The number of benzene rings is 1. The Hall–Kier alpha value is -2.63. The molecule has 26 heavy (non-hydrogen) atoms. The molecule has 0 radical (unpaired) electrons. The van der Waals surface area contributed by atoms with Crippen LogP contribution in [0.25, 0.3) is 11.0 Å². The normalized spacial score (nSPS) is 19.5. The van der Waals surface area contributed by atoms with E-state index < -0.39 is 0 Å². The Morgan fingerprint density at radius 3 is 2.92 bits per heavy atom. The molecule has 2 aromatic heterocycles. The Morgan fingerprint density at radius 1 is 1.23 bits per heavy atom. The summed E-state index contributed by atoms with van der Waals surface area (Å²) in [6.45, 7) is 3.17. The van der Waals surface area contributed by atoms with Crippen molar-refractivity contribution < 1.29 is 4.79 Å². The summed E-state index contributed by atoms with van der Waals surface area (Å²) < 4.78 is 4.28. The van der Waals surface area contributed by atoms with Gasteiger partial charge >= 0.3 is 0 Å². The van der Waals surface area contributed by atoms with Crippen LogP contribution in [0.1, 0.15) is 42.5 Å². The molecule has 1 N–H and O–H groups in total. The van der Waals surface area contributed by atoms with Gasteiger partial charge in [-0.2, -0.15) is 0 Å². The van der Waals surface area contributed by atoms with Gasteiger partial charge in [-0.05, 0) is 38.3 Å². The van der Waals surface area contributed by atoms with Crippen molar-refractivity contribution in [2.75, 3.05) is 0 Å². The van der Waals surface area contributed by atoms with Crippen LogP contribution in [0.5, 0.6) is 0 Å². The molecule has 1 aliphatic heterocycles. The SMILES string of the molecule is Cc1cn2c(n1)CCC(NC(=O)Cn1c(C3CC3)nc3ccccc31)C2. The Balaban J connectivity index is 1.33. The van der Waals surface area contributed by atoms with Gasteiger partial charge in [-0.3, -0.25) is 4.79 Å². The molecule has 1 fully saturated rings. The first-order valence-corrected chi connectivity index (χ1v) is 9.44. The lowest BCUT2D eigenvalue weighted by Crippen LogP contribution is -2.42. The number of para-hydroxylation sites is 2. The van der Waals surface area contributed by atoms with Crippen LogP contribution in [0.2, 0.25) is 0 Å². The molecular formula is C20H23N5O. The second-order valence-corrected chi connectivity index (χ2v) is 7.57. The van der Waals surface area contributed by atoms with E-state index in [-0.39, 0.29) is 11.9 Å². The summed E-state index contributed by atoms with van der Waals surface area (Å²) in [6.07, 6.45) is 6.29. The molecule has 6 nitrogen and oxygen atoms in total. The molecule has 2 aliphatic rings. The zero-order valence-corrected chi connectivity index (χ0v) is 15.0. The lowest BCUT2D eigenvalue weighted by molar-refractivity contribution is -0.122. The second kappa shape index (κ2) is 5.97. The highest BCUT2D eigenvalue weighted by Crippen LogP contribution is 2.40. The second-order valence-electron chi connectivity index (χ2n) is 7.57. The Labute approximate surface area is 152 Å². The van der Waals surface area contributed by atoms with Gasteiger partial charge in [0.2, 0.25) is 5.91 Å². The monoisotopic (exact) mass is 349 g/mol. The summed E-state index contributed by atoms with van der Waals surface area (Å²) in [6, 6.07) is 8.27. The molecule has 1 unspecified atom stereocenters. The number of nitrogens with zero attached hydrogens (tertiary/aromatic N) is 4. The van der Waals surface area contributed by atoms with Crippen LogP contribution >= 0.6 is 0 Å². The number of rotatable bonds is 4. The molecule has 1 aliphatic carbocycles. The number of carbonyl (C=O) groups excluding carboxylic acids is 1. The molecule has 1 saturated carbocycles. The first kappa shape index (κ1) is 15.6. The standard InChI is InChI=1S/C20H23N5O/c1-13-10-24-11-15(8-9-18(24)21-13)22-19(26)12-25-17-5-3-2-4-16(17)23-20(25)14-6-7-14/h2-5,10,14-15H,6-9,11-12H2,1H3,(H,22,26). The van der Waals surface area contributed by atoms with Crippen LogP contribution in [0.4, 0.5) is 0 Å². The Bertz CT molecular complexity index is 981. The van der Waals surface area contributed by atoms with E-state index >= 15 is 0 Å². The van der Waals surface area contributed by atoms with E-state index in [1.54, 1.807) is 0 Å². The van der Waals surface area contributed by atoms with Crippen LogP contribution in [-0.4, -0.2) is 31.1 Å². The van der Waals surface area contributed by atoms with Crippen molar-refractivity contribution >= 4 is 16.9 Å². The molecule has 1 atom stereocenters. The molecule has 0 spiro atoms. The number of hydrogen-bond acceptors (Lipinski definition) is 3. The summed E-state index contributed by atoms with van der Waals surface area (Å²) in [5.41, 5.74) is 3.09. The van der Waals surface area contributed by atoms with Gasteiger partial charge in [-0.1, -0.05) is 12.1 Å². The maximum absolute atomic E-state index is 12.8. The fourth-order valence-electron chi connectivity index (χ4n) is 4.03. The molecule has 0 saturated heterocycles. The number of hydrogen-bond donors (Lipinski definition) is 1. The Morgan fingerprint density at radius 2 is 2.08 bits per heavy atom. The molecule has 1 aromatic carbocycles. The summed E-state index contributed by atoms with van der Waals surface area (Å²) >= 11 is 0. The predicted molar refractivity (Wildman–Crippen MR) is 98.9 cm³/mol. The minimum Gasteiger partial charge on any atom is -0.350 e. The average Bonchev–Trinajstić information content (AvgIpc) is 3.31. The van der Waals surface area contributed by atoms with E-state index in [1.165, 1.54) is 12.8 Å². The van der Waals surface area contributed by atoms with Crippen molar-refractivity contribution in [3.8, 4) is 0 Å². The van der Waals surface area contributed by atoms with Crippen molar-refractivity contribution in [3.05, 3.63) is 47.8 Å². The van der Waals surface area contributed by atoms with Crippen molar-refractivity contribution in [3.63, 3.8) is 0 Å². The van der Waals surface area contributed by atoms with Crippen molar-refractivity contribution in [1.29, 1.82) is 0 Å². The number of fused-ring (bicyclic) bond motifs is 2. The third-order valence-electron chi connectivity index (χ3n) is 5.41. The Kier molecular flexibility index (Phi) is 3.58. The van der Waals surface area contributed by atoms with Crippen LogP contribution in [0.15, 0.2) is 30.5 Å². The zero-order valence-electron chi connectivity index (χ0n) is 15.0. The van der Waals surface area contributed by atoms with Gasteiger partial charge < -0.3 is 14.5 Å². The van der Waals surface area contributed by atoms with Crippen LogP contribution in [0, 0.1) is 6.92 Å². The largest absolute Gasteiger partial charge is 0.350 e. The minimum absolute atomic E-state index is 0.0698. The lowest BCUT2D eigenvalue weighted by atomic mass is 10.1. The highest BCUT2D eigenvalue weighted by atomic mass is 16.2. The van der Waals surface area contributed by atoms with Crippen LogP contribution < -0.4 is 5.32 Å². The molecule has 1 amide bonds. The smallest absolute Gasteiger partial charge is 0.240 e. The van der Waals surface area contributed by atoms with Gasteiger partial charge in [-0.15, -0.1) is 0 Å². The van der Waals surface area contributed by atoms with E-state index in [1.807, 2.05) is 25.1 Å². The first-order chi connectivity index (χ1) is 12.7. The fourth-order valence-corrected chi connectivity index (χ4v) is 4.03. The number of aryl methyl sites for hydroxylation is 2. The van der Waals surface area contributed by atoms with Gasteiger partial charge in [0.25, 0.3) is 0 Å². The lowest BCUT2D eigenvalue weighted by Gasteiger charge is -2.25. The first-order valence-electron chi connectivity index (χ1n) is 9.44. The predicted octanol–water partition coefficient (Wildman–Crippen LogP) is 2.55. The fraction of sp³-hybridized carbons (Fsp3) is 0.450. The van der Waals surface area contributed by atoms with Gasteiger partial charge in [0, 0.05) is 31.1 Å². The van der Waals surface area contributed by atoms with E-state index in [9.17, 15) is 4.79 Å².